The largest absolute Gasteiger partial charge is 0.385 e. The number of hydrogen-bond donors (Lipinski definition) is 1. The zero-order valence-corrected chi connectivity index (χ0v) is 10.5. The van der Waals surface area contributed by atoms with Gasteiger partial charge < -0.3 is 10.1 Å². The van der Waals surface area contributed by atoms with E-state index in [1.165, 1.54) is 25.7 Å². The first-order chi connectivity index (χ1) is 6.52. The lowest BCUT2D eigenvalue weighted by atomic mass is 9.81. The lowest BCUT2D eigenvalue weighted by Crippen LogP contribution is -2.28. The highest BCUT2D eigenvalue weighted by molar-refractivity contribution is 4.74. The Morgan fingerprint density at radius 1 is 1.29 bits per heavy atom. The van der Waals surface area contributed by atoms with Gasteiger partial charge >= 0.3 is 0 Å². The molecule has 2 nitrogen and oxygen atoms in total. The van der Waals surface area contributed by atoms with Crippen molar-refractivity contribution in [1.29, 1.82) is 0 Å². The minimum Gasteiger partial charge on any atom is -0.385 e. The number of hydrogen-bond acceptors (Lipinski definition) is 2. The second-order valence-corrected chi connectivity index (χ2v) is 5.01. The maximum Gasteiger partial charge on any atom is 0.0462 e. The third kappa shape index (κ3) is 7.34. The number of nitrogens with one attached hydrogen (secondary N) is 1. The van der Waals surface area contributed by atoms with Gasteiger partial charge in [-0.1, -0.05) is 20.3 Å². The average Bonchev–Trinajstić information content (AvgIpc) is 2.12. The van der Waals surface area contributed by atoms with E-state index in [-0.39, 0.29) is 0 Å². The smallest absolute Gasteiger partial charge is 0.0462 e. The van der Waals surface area contributed by atoms with Crippen LogP contribution in [-0.2, 0) is 4.74 Å². The van der Waals surface area contributed by atoms with Crippen LogP contribution in [0.25, 0.3) is 0 Å². The predicted molar refractivity (Wildman–Crippen MR) is 62.6 cm³/mol. The second kappa shape index (κ2) is 7.24. The summed E-state index contributed by atoms with van der Waals surface area (Å²) in [4.78, 5) is 0. The number of methoxy groups -OCH3 is 1. The molecule has 0 heterocycles. The minimum atomic E-state index is 0.455. The van der Waals surface area contributed by atoms with Crippen LogP contribution in [0, 0.1) is 5.41 Å². The summed E-state index contributed by atoms with van der Waals surface area (Å²) >= 11 is 0. The summed E-state index contributed by atoms with van der Waals surface area (Å²) in [5.41, 5.74) is 0.455. The van der Waals surface area contributed by atoms with Crippen LogP contribution in [0.3, 0.4) is 0 Å². The van der Waals surface area contributed by atoms with Crippen molar-refractivity contribution in [3.05, 3.63) is 0 Å². The molecule has 0 fully saturated rings. The van der Waals surface area contributed by atoms with E-state index in [0.29, 0.717) is 11.5 Å². The third-order valence-electron chi connectivity index (χ3n) is 2.80. The van der Waals surface area contributed by atoms with Gasteiger partial charge in [0.05, 0.1) is 0 Å². The Hall–Kier alpha value is -0.0800. The Morgan fingerprint density at radius 3 is 2.43 bits per heavy atom. The summed E-state index contributed by atoms with van der Waals surface area (Å²) in [5, 5.41) is 3.30. The van der Waals surface area contributed by atoms with Gasteiger partial charge in [0.15, 0.2) is 0 Å². The van der Waals surface area contributed by atoms with Gasteiger partial charge in [0.25, 0.3) is 0 Å². The molecule has 86 valence electrons. The van der Waals surface area contributed by atoms with Crippen molar-refractivity contribution in [3.8, 4) is 0 Å². The summed E-state index contributed by atoms with van der Waals surface area (Å²) in [5.74, 6) is 0. The zero-order chi connectivity index (χ0) is 11.0. The molecule has 0 saturated carbocycles. The fraction of sp³-hybridized carbons (Fsp3) is 1.00. The van der Waals surface area contributed by atoms with E-state index in [1.54, 1.807) is 7.11 Å². The second-order valence-electron chi connectivity index (χ2n) is 5.01. The molecule has 0 aromatic rings. The molecule has 0 aliphatic heterocycles. The number of rotatable bonds is 8. The summed E-state index contributed by atoms with van der Waals surface area (Å²) in [6.07, 6.45) is 5.00. The van der Waals surface area contributed by atoms with E-state index >= 15 is 0 Å². The lowest BCUT2D eigenvalue weighted by molar-refractivity contribution is 0.182. The SMILES string of the molecule is CNC(C)CC(C)(C)CCCCOC. The van der Waals surface area contributed by atoms with Crippen LogP contribution in [0.5, 0.6) is 0 Å². The molecule has 0 radical (unpaired) electrons. The van der Waals surface area contributed by atoms with Crippen molar-refractivity contribution in [2.45, 2.75) is 52.5 Å². The van der Waals surface area contributed by atoms with Gasteiger partial charge in [-0.2, -0.15) is 0 Å². The van der Waals surface area contributed by atoms with Gasteiger partial charge in [-0.25, -0.2) is 0 Å². The number of unbranched alkanes of at least 4 members (excludes halogenated alkanes) is 1. The van der Waals surface area contributed by atoms with Crippen LogP contribution in [0.1, 0.15) is 46.5 Å². The summed E-state index contributed by atoms with van der Waals surface area (Å²) in [6, 6.07) is 0.618. The van der Waals surface area contributed by atoms with Crippen molar-refractivity contribution in [2.24, 2.45) is 5.41 Å². The zero-order valence-electron chi connectivity index (χ0n) is 10.5. The Labute approximate surface area is 89.4 Å². The standard InChI is InChI=1S/C12H27NO/c1-11(13-4)10-12(2,3)8-6-7-9-14-5/h11,13H,6-10H2,1-5H3. The third-order valence-corrected chi connectivity index (χ3v) is 2.80. The molecule has 0 saturated heterocycles. The molecule has 1 unspecified atom stereocenters. The van der Waals surface area contributed by atoms with Crippen LogP contribution >= 0.6 is 0 Å². The first kappa shape index (κ1) is 13.9. The number of ether oxygens (including phenoxy) is 1. The molecular formula is C12H27NO. The fourth-order valence-electron chi connectivity index (χ4n) is 1.88. The van der Waals surface area contributed by atoms with E-state index in [0.717, 1.165) is 6.61 Å². The van der Waals surface area contributed by atoms with E-state index < -0.39 is 0 Å². The van der Waals surface area contributed by atoms with Crippen LogP contribution in [0.15, 0.2) is 0 Å². The molecule has 2 heteroatoms. The average molecular weight is 201 g/mol. The minimum absolute atomic E-state index is 0.455. The highest BCUT2D eigenvalue weighted by atomic mass is 16.5. The molecule has 0 rings (SSSR count). The lowest BCUT2D eigenvalue weighted by Gasteiger charge is -2.28. The van der Waals surface area contributed by atoms with Crippen molar-refractivity contribution in [2.75, 3.05) is 20.8 Å². The van der Waals surface area contributed by atoms with E-state index in [4.69, 9.17) is 4.74 Å². The van der Waals surface area contributed by atoms with Crippen molar-refractivity contribution in [1.82, 2.24) is 5.32 Å². The molecule has 1 N–H and O–H groups in total. The van der Waals surface area contributed by atoms with Gasteiger partial charge in [0, 0.05) is 19.8 Å². The van der Waals surface area contributed by atoms with Crippen LogP contribution in [0.4, 0.5) is 0 Å². The first-order valence-electron chi connectivity index (χ1n) is 5.68. The maximum atomic E-state index is 5.05. The van der Waals surface area contributed by atoms with Crippen LogP contribution in [-0.4, -0.2) is 26.8 Å². The molecule has 1 atom stereocenters. The van der Waals surface area contributed by atoms with Crippen molar-refractivity contribution < 1.29 is 4.74 Å². The topological polar surface area (TPSA) is 21.3 Å². The Balaban J connectivity index is 3.60. The van der Waals surface area contributed by atoms with E-state index in [9.17, 15) is 0 Å². The summed E-state index contributed by atoms with van der Waals surface area (Å²) in [7, 11) is 3.81. The molecule has 0 bridgehead atoms. The van der Waals surface area contributed by atoms with Gasteiger partial charge in [-0.3, -0.25) is 0 Å². The van der Waals surface area contributed by atoms with Crippen molar-refractivity contribution >= 4 is 0 Å². The molecule has 0 aromatic carbocycles. The molecular weight excluding hydrogens is 174 g/mol. The van der Waals surface area contributed by atoms with Gasteiger partial charge in [0.2, 0.25) is 0 Å². The van der Waals surface area contributed by atoms with E-state index in [1.807, 2.05) is 7.05 Å². The summed E-state index contributed by atoms with van der Waals surface area (Å²) < 4.78 is 5.05. The predicted octanol–water partition coefficient (Wildman–Crippen LogP) is 2.83. The van der Waals surface area contributed by atoms with Gasteiger partial charge in [-0.05, 0) is 38.6 Å². The molecule has 14 heavy (non-hydrogen) atoms. The molecule has 0 aromatic heterocycles. The fourth-order valence-corrected chi connectivity index (χ4v) is 1.88. The highest BCUT2D eigenvalue weighted by Gasteiger charge is 2.19. The van der Waals surface area contributed by atoms with Gasteiger partial charge in [0.1, 0.15) is 0 Å². The highest BCUT2D eigenvalue weighted by Crippen LogP contribution is 2.28. The van der Waals surface area contributed by atoms with Crippen molar-refractivity contribution in [3.63, 3.8) is 0 Å². The molecule has 0 aliphatic carbocycles. The Bertz CT molecular complexity index is 134. The Morgan fingerprint density at radius 2 is 1.93 bits per heavy atom. The Kier molecular flexibility index (Phi) is 7.20. The molecule has 0 amide bonds. The van der Waals surface area contributed by atoms with Crippen LogP contribution in [0.2, 0.25) is 0 Å². The monoisotopic (exact) mass is 201 g/mol. The van der Waals surface area contributed by atoms with Crippen LogP contribution < -0.4 is 5.32 Å². The molecule has 0 aliphatic rings. The first-order valence-corrected chi connectivity index (χ1v) is 5.68. The normalized spacial score (nSPS) is 14.4. The quantitative estimate of drug-likeness (QED) is 0.610. The summed E-state index contributed by atoms with van der Waals surface area (Å²) in [6.45, 7) is 7.86. The maximum absolute atomic E-state index is 5.05. The van der Waals surface area contributed by atoms with E-state index in [2.05, 4.69) is 26.1 Å². The van der Waals surface area contributed by atoms with Gasteiger partial charge in [-0.15, -0.1) is 0 Å². The molecule has 0 spiro atoms.